The Morgan fingerprint density at radius 2 is 1.23 bits per heavy atom. The molecule has 0 aromatic heterocycles. The summed E-state index contributed by atoms with van der Waals surface area (Å²) in [5, 5.41) is 3.02. The Morgan fingerprint density at radius 1 is 0.800 bits per heavy atom. The average Bonchev–Trinajstić information content (AvgIpc) is 2.73. The number of carbonyl (C=O) groups is 1. The SMILES string of the molecule is CCCCCCCCCCCCCCCCNC(=O)C(C)Oc1c(C)cccc1C. The minimum absolute atomic E-state index is 0.0210. The zero-order chi connectivity index (χ0) is 22.0. The molecular weight excluding hydrogens is 370 g/mol. The van der Waals surface area contributed by atoms with Crippen molar-refractivity contribution in [3.63, 3.8) is 0 Å². The second-order valence-corrected chi connectivity index (χ2v) is 8.87. The van der Waals surface area contributed by atoms with Crippen LogP contribution in [-0.4, -0.2) is 18.6 Å². The molecule has 0 aliphatic heterocycles. The Morgan fingerprint density at radius 3 is 1.70 bits per heavy atom. The monoisotopic (exact) mass is 417 g/mol. The molecule has 3 heteroatoms. The zero-order valence-electron chi connectivity index (χ0n) is 20.2. The van der Waals surface area contributed by atoms with Gasteiger partial charge in [-0.25, -0.2) is 0 Å². The molecular formula is C27H47NO2. The summed E-state index contributed by atoms with van der Waals surface area (Å²) in [4.78, 5) is 12.3. The van der Waals surface area contributed by atoms with Gasteiger partial charge in [0, 0.05) is 6.54 Å². The summed E-state index contributed by atoms with van der Waals surface area (Å²) in [6.07, 6.45) is 18.4. The van der Waals surface area contributed by atoms with Crippen LogP contribution in [0.2, 0.25) is 0 Å². The minimum Gasteiger partial charge on any atom is -0.480 e. The van der Waals surface area contributed by atoms with Crippen LogP contribution in [0.5, 0.6) is 5.75 Å². The number of benzene rings is 1. The van der Waals surface area contributed by atoms with Crippen LogP contribution < -0.4 is 10.1 Å². The fourth-order valence-corrected chi connectivity index (χ4v) is 3.89. The van der Waals surface area contributed by atoms with E-state index in [9.17, 15) is 4.79 Å². The minimum atomic E-state index is -0.462. The highest BCUT2D eigenvalue weighted by atomic mass is 16.5. The molecule has 1 N–H and O–H groups in total. The third-order valence-corrected chi connectivity index (χ3v) is 5.90. The van der Waals surface area contributed by atoms with Crippen molar-refractivity contribution in [2.75, 3.05) is 6.54 Å². The van der Waals surface area contributed by atoms with Gasteiger partial charge in [0.25, 0.3) is 5.91 Å². The first-order chi connectivity index (χ1) is 14.6. The second kappa shape index (κ2) is 17.2. The standard InChI is InChI=1S/C27H47NO2/c1-5-6-7-8-9-10-11-12-13-14-15-16-17-18-22-28-27(29)25(4)30-26-23(2)20-19-21-24(26)3/h19-21,25H,5-18,22H2,1-4H3,(H,28,29). The van der Waals surface area contributed by atoms with Crippen molar-refractivity contribution in [3.05, 3.63) is 29.3 Å². The van der Waals surface area contributed by atoms with E-state index in [0.717, 1.165) is 29.8 Å². The molecule has 0 radical (unpaired) electrons. The van der Waals surface area contributed by atoms with E-state index in [1.165, 1.54) is 83.5 Å². The van der Waals surface area contributed by atoms with Crippen molar-refractivity contribution in [2.45, 2.75) is 124 Å². The summed E-state index contributed by atoms with van der Waals surface area (Å²) < 4.78 is 5.90. The van der Waals surface area contributed by atoms with Crippen LogP contribution in [0.1, 0.15) is 115 Å². The number of amides is 1. The van der Waals surface area contributed by atoms with Gasteiger partial charge < -0.3 is 10.1 Å². The molecule has 0 saturated carbocycles. The number of carbonyl (C=O) groups excluding carboxylic acids is 1. The van der Waals surface area contributed by atoms with Gasteiger partial charge in [-0.3, -0.25) is 4.79 Å². The van der Waals surface area contributed by atoms with E-state index >= 15 is 0 Å². The number of para-hydroxylation sites is 1. The number of aryl methyl sites for hydroxylation is 2. The van der Waals surface area contributed by atoms with Crippen molar-refractivity contribution in [1.82, 2.24) is 5.32 Å². The lowest BCUT2D eigenvalue weighted by molar-refractivity contribution is -0.127. The average molecular weight is 418 g/mol. The maximum absolute atomic E-state index is 12.3. The van der Waals surface area contributed by atoms with Crippen molar-refractivity contribution in [3.8, 4) is 5.75 Å². The molecule has 30 heavy (non-hydrogen) atoms. The van der Waals surface area contributed by atoms with Gasteiger partial charge in [0.2, 0.25) is 0 Å². The summed E-state index contributed by atoms with van der Waals surface area (Å²) in [7, 11) is 0. The second-order valence-electron chi connectivity index (χ2n) is 8.87. The molecule has 1 rings (SSSR count). The molecule has 3 nitrogen and oxygen atoms in total. The van der Waals surface area contributed by atoms with Crippen LogP contribution in [0.15, 0.2) is 18.2 Å². The van der Waals surface area contributed by atoms with Crippen LogP contribution in [0, 0.1) is 13.8 Å². The van der Waals surface area contributed by atoms with E-state index < -0.39 is 6.10 Å². The van der Waals surface area contributed by atoms with Crippen LogP contribution in [0.4, 0.5) is 0 Å². The maximum atomic E-state index is 12.3. The Kier molecular flexibility index (Phi) is 15.2. The van der Waals surface area contributed by atoms with Gasteiger partial charge in [-0.2, -0.15) is 0 Å². The number of hydrogen-bond acceptors (Lipinski definition) is 2. The van der Waals surface area contributed by atoms with Crippen LogP contribution >= 0.6 is 0 Å². The Hall–Kier alpha value is -1.51. The van der Waals surface area contributed by atoms with Gasteiger partial charge in [0.15, 0.2) is 6.10 Å². The van der Waals surface area contributed by atoms with Crippen LogP contribution in [-0.2, 0) is 4.79 Å². The molecule has 1 unspecified atom stereocenters. The lowest BCUT2D eigenvalue weighted by Crippen LogP contribution is -2.37. The molecule has 0 saturated heterocycles. The fraction of sp³-hybridized carbons (Fsp3) is 0.741. The van der Waals surface area contributed by atoms with Crippen molar-refractivity contribution in [1.29, 1.82) is 0 Å². The van der Waals surface area contributed by atoms with Crippen LogP contribution in [0.3, 0.4) is 0 Å². The van der Waals surface area contributed by atoms with E-state index in [4.69, 9.17) is 4.74 Å². The highest BCUT2D eigenvalue weighted by molar-refractivity contribution is 5.80. The van der Waals surface area contributed by atoms with E-state index in [1.807, 2.05) is 39.0 Å². The maximum Gasteiger partial charge on any atom is 0.260 e. The molecule has 1 aromatic rings. The van der Waals surface area contributed by atoms with Gasteiger partial charge in [-0.05, 0) is 38.3 Å². The molecule has 0 bridgehead atoms. The number of nitrogens with one attached hydrogen (secondary N) is 1. The molecule has 0 heterocycles. The lowest BCUT2D eigenvalue weighted by Gasteiger charge is -2.18. The Balaban J connectivity index is 1.94. The lowest BCUT2D eigenvalue weighted by atomic mass is 10.0. The van der Waals surface area contributed by atoms with Gasteiger partial charge in [0.05, 0.1) is 0 Å². The highest BCUT2D eigenvalue weighted by Gasteiger charge is 2.16. The molecule has 0 aliphatic rings. The molecule has 0 spiro atoms. The smallest absolute Gasteiger partial charge is 0.260 e. The molecule has 0 aliphatic carbocycles. The van der Waals surface area contributed by atoms with Crippen molar-refractivity contribution in [2.24, 2.45) is 0 Å². The largest absolute Gasteiger partial charge is 0.480 e. The summed E-state index contributed by atoms with van der Waals surface area (Å²) >= 11 is 0. The quantitative estimate of drug-likeness (QED) is 0.249. The summed E-state index contributed by atoms with van der Waals surface area (Å²) in [5.41, 5.74) is 2.14. The number of hydrogen-bond donors (Lipinski definition) is 1. The molecule has 172 valence electrons. The first-order valence-corrected chi connectivity index (χ1v) is 12.6. The van der Waals surface area contributed by atoms with E-state index in [0.29, 0.717) is 0 Å². The Bertz CT molecular complexity index is 550. The third-order valence-electron chi connectivity index (χ3n) is 5.90. The molecule has 0 fully saturated rings. The van der Waals surface area contributed by atoms with Gasteiger partial charge in [0.1, 0.15) is 5.75 Å². The zero-order valence-corrected chi connectivity index (χ0v) is 20.2. The summed E-state index contributed by atoms with van der Waals surface area (Å²) in [6, 6.07) is 6.04. The van der Waals surface area contributed by atoms with Crippen molar-refractivity contribution >= 4 is 5.91 Å². The number of rotatable bonds is 18. The molecule has 1 atom stereocenters. The third kappa shape index (κ3) is 12.2. The van der Waals surface area contributed by atoms with Crippen LogP contribution in [0.25, 0.3) is 0 Å². The Labute approximate surface area is 186 Å². The van der Waals surface area contributed by atoms with E-state index in [1.54, 1.807) is 0 Å². The highest BCUT2D eigenvalue weighted by Crippen LogP contribution is 2.23. The van der Waals surface area contributed by atoms with E-state index in [-0.39, 0.29) is 5.91 Å². The van der Waals surface area contributed by atoms with Gasteiger partial charge >= 0.3 is 0 Å². The molecule has 1 aromatic carbocycles. The fourth-order valence-electron chi connectivity index (χ4n) is 3.89. The first-order valence-electron chi connectivity index (χ1n) is 12.6. The van der Waals surface area contributed by atoms with E-state index in [2.05, 4.69) is 12.2 Å². The predicted octanol–water partition coefficient (Wildman–Crippen LogP) is 7.67. The topological polar surface area (TPSA) is 38.3 Å². The first kappa shape index (κ1) is 26.5. The number of unbranched alkanes of at least 4 members (excludes halogenated alkanes) is 13. The summed E-state index contributed by atoms with van der Waals surface area (Å²) in [5.74, 6) is 0.809. The summed E-state index contributed by atoms with van der Waals surface area (Å²) in [6.45, 7) is 8.88. The number of ether oxygens (including phenoxy) is 1. The normalized spacial score (nSPS) is 12.0. The van der Waals surface area contributed by atoms with Gasteiger partial charge in [-0.15, -0.1) is 0 Å². The predicted molar refractivity (Wildman–Crippen MR) is 129 cm³/mol. The molecule has 1 amide bonds. The van der Waals surface area contributed by atoms with Crippen molar-refractivity contribution < 1.29 is 9.53 Å². The van der Waals surface area contributed by atoms with Gasteiger partial charge in [-0.1, -0.05) is 109 Å².